The minimum atomic E-state index is 0.197. The first-order valence-electron chi connectivity index (χ1n) is 5.20. The summed E-state index contributed by atoms with van der Waals surface area (Å²) in [6.07, 6.45) is 0.591. The lowest BCUT2D eigenvalue weighted by molar-refractivity contribution is -0.117. The van der Waals surface area contributed by atoms with Crippen molar-refractivity contribution in [1.82, 2.24) is 0 Å². The van der Waals surface area contributed by atoms with Crippen LogP contribution in [-0.2, 0) is 4.79 Å². The van der Waals surface area contributed by atoms with Crippen LogP contribution >= 0.6 is 31.9 Å². The Hall–Kier alpha value is -0.350. The van der Waals surface area contributed by atoms with Crippen LogP contribution in [0.5, 0.6) is 0 Å². The van der Waals surface area contributed by atoms with Crippen molar-refractivity contribution < 1.29 is 4.79 Å². The van der Waals surface area contributed by atoms with Crippen LogP contribution in [0.15, 0.2) is 16.6 Å². The number of carbonyl (C=O) groups is 1. The molecule has 1 aromatic rings. The third kappa shape index (κ3) is 2.18. The molecule has 2 nitrogen and oxygen atoms in total. The molecular weight excluding hydrogens is 334 g/mol. The summed E-state index contributed by atoms with van der Waals surface area (Å²) in [6.45, 7) is 4.86. The SMILES string of the molecule is Cc1cc(N2CC(Br)CC2=O)cc(C)c1Br. The first kappa shape index (κ1) is 12.1. The average molecular weight is 347 g/mol. The molecule has 1 heterocycles. The van der Waals surface area contributed by atoms with Gasteiger partial charge in [0, 0.05) is 28.0 Å². The molecule has 0 saturated carbocycles. The summed E-state index contributed by atoms with van der Waals surface area (Å²) in [5.74, 6) is 0.197. The highest BCUT2D eigenvalue weighted by molar-refractivity contribution is 9.10. The molecule has 0 aliphatic carbocycles. The fraction of sp³-hybridized carbons (Fsp3) is 0.417. The van der Waals surface area contributed by atoms with Crippen molar-refractivity contribution in [3.05, 3.63) is 27.7 Å². The molecule has 1 amide bonds. The summed E-state index contributed by atoms with van der Waals surface area (Å²) in [5, 5.41) is 0. The smallest absolute Gasteiger partial charge is 0.228 e. The molecule has 0 N–H and O–H groups in total. The molecule has 0 radical (unpaired) electrons. The van der Waals surface area contributed by atoms with E-state index in [0.29, 0.717) is 6.42 Å². The zero-order chi connectivity index (χ0) is 11.9. The van der Waals surface area contributed by atoms with Gasteiger partial charge >= 0.3 is 0 Å². The molecule has 1 fully saturated rings. The Kier molecular flexibility index (Phi) is 3.40. The normalized spacial score (nSPS) is 20.6. The molecule has 1 aliphatic rings. The first-order valence-corrected chi connectivity index (χ1v) is 6.91. The van der Waals surface area contributed by atoms with Gasteiger partial charge in [-0.2, -0.15) is 0 Å². The number of benzene rings is 1. The van der Waals surface area contributed by atoms with Crippen molar-refractivity contribution >= 4 is 43.5 Å². The Bertz CT molecular complexity index is 422. The summed E-state index contributed by atoms with van der Waals surface area (Å²) in [7, 11) is 0. The molecule has 1 aromatic carbocycles. The van der Waals surface area contributed by atoms with Crippen molar-refractivity contribution in [2.24, 2.45) is 0 Å². The first-order chi connectivity index (χ1) is 7.49. The van der Waals surface area contributed by atoms with Gasteiger partial charge in [-0.25, -0.2) is 0 Å². The van der Waals surface area contributed by atoms with Gasteiger partial charge in [-0.15, -0.1) is 0 Å². The number of aryl methyl sites for hydroxylation is 2. The number of anilines is 1. The highest BCUT2D eigenvalue weighted by Crippen LogP contribution is 2.30. The molecular formula is C12H13Br2NO. The fourth-order valence-corrected chi connectivity index (χ4v) is 2.79. The predicted molar refractivity (Wildman–Crippen MR) is 73.3 cm³/mol. The van der Waals surface area contributed by atoms with Crippen molar-refractivity contribution in [2.75, 3.05) is 11.4 Å². The average Bonchev–Trinajstić information content (AvgIpc) is 2.53. The summed E-state index contributed by atoms with van der Waals surface area (Å²) in [5.41, 5.74) is 3.34. The summed E-state index contributed by atoms with van der Waals surface area (Å²) < 4.78 is 1.12. The van der Waals surface area contributed by atoms with Crippen LogP contribution < -0.4 is 4.90 Å². The molecule has 0 spiro atoms. The molecule has 16 heavy (non-hydrogen) atoms. The lowest BCUT2D eigenvalue weighted by Gasteiger charge is -2.18. The maximum absolute atomic E-state index is 11.8. The highest BCUT2D eigenvalue weighted by Gasteiger charge is 2.29. The standard InChI is InChI=1S/C12H13Br2NO/c1-7-3-10(4-8(2)12(7)14)15-6-9(13)5-11(15)16/h3-4,9H,5-6H2,1-2H3. The number of hydrogen-bond donors (Lipinski definition) is 0. The Morgan fingerprint density at radius 2 is 1.88 bits per heavy atom. The van der Waals surface area contributed by atoms with E-state index >= 15 is 0 Å². The van der Waals surface area contributed by atoms with Gasteiger partial charge in [0.05, 0.1) is 0 Å². The molecule has 1 saturated heterocycles. The van der Waals surface area contributed by atoms with Crippen molar-refractivity contribution in [1.29, 1.82) is 0 Å². The highest BCUT2D eigenvalue weighted by atomic mass is 79.9. The van der Waals surface area contributed by atoms with Gasteiger partial charge in [-0.1, -0.05) is 31.9 Å². The summed E-state index contributed by atoms with van der Waals surface area (Å²) in [4.78, 5) is 13.9. The molecule has 4 heteroatoms. The number of nitrogens with zero attached hydrogens (tertiary/aromatic N) is 1. The van der Waals surface area contributed by atoms with Gasteiger partial charge in [0.15, 0.2) is 0 Å². The Balaban J connectivity index is 2.38. The van der Waals surface area contributed by atoms with E-state index in [2.05, 4.69) is 44.0 Å². The molecule has 1 atom stereocenters. The van der Waals surface area contributed by atoms with E-state index in [1.54, 1.807) is 0 Å². The summed E-state index contributed by atoms with van der Waals surface area (Å²) >= 11 is 7.03. The van der Waals surface area contributed by atoms with Crippen molar-refractivity contribution in [3.8, 4) is 0 Å². The number of hydrogen-bond acceptors (Lipinski definition) is 1. The summed E-state index contributed by atoms with van der Waals surface area (Å²) in [6, 6.07) is 4.11. The van der Waals surface area contributed by atoms with Crippen LogP contribution in [0.4, 0.5) is 5.69 Å². The monoisotopic (exact) mass is 345 g/mol. The molecule has 0 bridgehead atoms. The molecule has 1 unspecified atom stereocenters. The lowest BCUT2D eigenvalue weighted by atomic mass is 10.1. The number of amides is 1. The predicted octanol–water partition coefficient (Wildman–Crippen LogP) is 3.57. The maximum atomic E-state index is 11.8. The van der Waals surface area contributed by atoms with Crippen LogP contribution in [-0.4, -0.2) is 17.3 Å². The Morgan fingerprint density at radius 1 is 1.31 bits per heavy atom. The molecule has 2 rings (SSSR count). The Morgan fingerprint density at radius 3 is 2.31 bits per heavy atom. The van der Waals surface area contributed by atoms with Crippen LogP contribution in [0.3, 0.4) is 0 Å². The number of halogens is 2. The van der Waals surface area contributed by atoms with Crippen molar-refractivity contribution in [3.63, 3.8) is 0 Å². The Labute approximate surface area is 112 Å². The molecule has 86 valence electrons. The second kappa shape index (κ2) is 4.49. The quantitative estimate of drug-likeness (QED) is 0.712. The molecule has 1 aliphatic heterocycles. The van der Waals surface area contributed by atoms with Gasteiger partial charge in [0.1, 0.15) is 0 Å². The third-order valence-corrected chi connectivity index (χ3v) is 4.67. The minimum absolute atomic E-state index is 0.197. The molecule has 0 aromatic heterocycles. The van der Waals surface area contributed by atoms with E-state index < -0.39 is 0 Å². The number of rotatable bonds is 1. The van der Waals surface area contributed by atoms with Gasteiger partial charge in [-0.3, -0.25) is 4.79 Å². The largest absolute Gasteiger partial charge is 0.311 e. The van der Waals surface area contributed by atoms with E-state index in [0.717, 1.165) is 16.7 Å². The number of carbonyl (C=O) groups excluding carboxylic acids is 1. The van der Waals surface area contributed by atoms with E-state index in [9.17, 15) is 4.79 Å². The topological polar surface area (TPSA) is 20.3 Å². The lowest BCUT2D eigenvalue weighted by Crippen LogP contribution is -2.24. The van der Waals surface area contributed by atoms with E-state index in [1.165, 1.54) is 11.1 Å². The fourth-order valence-electron chi connectivity index (χ4n) is 1.99. The van der Waals surface area contributed by atoms with E-state index in [4.69, 9.17) is 0 Å². The zero-order valence-corrected chi connectivity index (χ0v) is 12.4. The van der Waals surface area contributed by atoms with Gasteiger partial charge in [0.25, 0.3) is 0 Å². The van der Waals surface area contributed by atoms with Crippen LogP contribution in [0.2, 0.25) is 0 Å². The van der Waals surface area contributed by atoms with Crippen molar-refractivity contribution in [2.45, 2.75) is 25.1 Å². The second-order valence-electron chi connectivity index (χ2n) is 4.20. The van der Waals surface area contributed by atoms with E-state index in [1.807, 2.05) is 18.7 Å². The van der Waals surface area contributed by atoms with Gasteiger partial charge in [0.2, 0.25) is 5.91 Å². The van der Waals surface area contributed by atoms with E-state index in [-0.39, 0.29) is 10.7 Å². The van der Waals surface area contributed by atoms with Crippen LogP contribution in [0.25, 0.3) is 0 Å². The third-order valence-electron chi connectivity index (χ3n) is 2.81. The van der Waals surface area contributed by atoms with Crippen LogP contribution in [0.1, 0.15) is 17.5 Å². The zero-order valence-electron chi connectivity index (χ0n) is 9.26. The van der Waals surface area contributed by atoms with Gasteiger partial charge < -0.3 is 4.90 Å². The minimum Gasteiger partial charge on any atom is -0.311 e. The van der Waals surface area contributed by atoms with Gasteiger partial charge in [-0.05, 0) is 37.1 Å². The maximum Gasteiger partial charge on any atom is 0.228 e. The second-order valence-corrected chi connectivity index (χ2v) is 6.29. The number of alkyl halides is 1. The van der Waals surface area contributed by atoms with Crippen LogP contribution in [0, 0.1) is 13.8 Å².